The first kappa shape index (κ1) is 12.6. The molecule has 0 aliphatic carbocycles. The van der Waals surface area contributed by atoms with E-state index in [0.717, 1.165) is 5.69 Å². The van der Waals surface area contributed by atoms with Crippen molar-refractivity contribution in [2.24, 2.45) is 11.1 Å². The monoisotopic (exact) mass is 221 g/mol. The second-order valence-electron chi connectivity index (χ2n) is 4.71. The number of nitrogens with zero attached hydrogens (tertiary/aromatic N) is 2. The first-order chi connectivity index (χ1) is 7.46. The van der Waals surface area contributed by atoms with Gasteiger partial charge in [-0.25, -0.2) is 0 Å². The Bertz CT molecular complexity index is 349. The highest BCUT2D eigenvalue weighted by atomic mass is 16.2. The molecule has 0 saturated heterocycles. The van der Waals surface area contributed by atoms with E-state index in [4.69, 9.17) is 5.73 Å². The van der Waals surface area contributed by atoms with Crippen molar-refractivity contribution >= 4 is 11.6 Å². The van der Waals surface area contributed by atoms with Gasteiger partial charge in [-0.2, -0.15) is 0 Å². The minimum absolute atomic E-state index is 0.0588. The van der Waals surface area contributed by atoms with E-state index < -0.39 is 0 Å². The number of nitrogens with two attached hydrogens (primary N) is 1. The Morgan fingerprint density at radius 3 is 2.75 bits per heavy atom. The number of carbonyl (C=O) groups is 1. The van der Waals surface area contributed by atoms with Crippen LogP contribution in [0.1, 0.15) is 20.3 Å². The maximum Gasteiger partial charge on any atom is 0.227 e. The lowest BCUT2D eigenvalue weighted by Crippen LogP contribution is -2.34. The quantitative estimate of drug-likeness (QED) is 0.836. The zero-order chi connectivity index (χ0) is 12.2. The predicted octanol–water partition coefficient (Wildman–Crippen LogP) is 1.42. The molecule has 0 fully saturated rings. The van der Waals surface area contributed by atoms with Crippen LogP contribution in [0.15, 0.2) is 24.5 Å². The molecule has 1 aromatic heterocycles. The van der Waals surface area contributed by atoms with Gasteiger partial charge in [0.1, 0.15) is 0 Å². The highest BCUT2D eigenvalue weighted by Gasteiger charge is 2.22. The molecule has 16 heavy (non-hydrogen) atoms. The second kappa shape index (κ2) is 5.07. The largest absolute Gasteiger partial charge is 0.330 e. The van der Waals surface area contributed by atoms with Crippen molar-refractivity contribution in [2.45, 2.75) is 20.3 Å². The smallest absolute Gasteiger partial charge is 0.227 e. The van der Waals surface area contributed by atoms with Crippen LogP contribution in [0.5, 0.6) is 0 Å². The van der Waals surface area contributed by atoms with Gasteiger partial charge in [-0.1, -0.05) is 13.8 Å². The summed E-state index contributed by atoms with van der Waals surface area (Å²) in [6.45, 7) is 4.48. The van der Waals surface area contributed by atoms with Crippen LogP contribution in [-0.2, 0) is 4.79 Å². The fourth-order valence-corrected chi connectivity index (χ4v) is 1.30. The van der Waals surface area contributed by atoms with Crippen LogP contribution >= 0.6 is 0 Å². The number of carbonyl (C=O) groups excluding carboxylic acids is 1. The number of pyridine rings is 1. The molecular weight excluding hydrogens is 202 g/mol. The number of hydrogen-bond donors (Lipinski definition) is 1. The molecule has 0 aromatic carbocycles. The number of anilines is 1. The van der Waals surface area contributed by atoms with Crippen molar-refractivity contribution in [1.29, 1.82) is 0 Å². The van der Waals surface area contributed by atoms with Crippen molar-refractivity contribution in [3.63, 3.8) is 0 Å². The van der Waals surface area contributed by atoms with Gasteiger partial charge in [0.15, 0.2) is 0 Å². The van der Waals surface area contributed by atoms with Gasteiger partial charge < -0.3 is 10.6 Å². The van der Waals surface area contributed by atoms with Gasteiger partial charge in [-0.3, -0.25) is 9.78 Å². The Hall–Kier alpha value is -1.42. The lowest BCUT2D eigenvalue weighted by atomic mass is 9.89. The van der Waals surface area contributed by atoms with E-state index in [1.54, 1.807) is 24.3 Å². The molecule has 4 heteroatoms. The number of aromatic nitrogens is 1. The van der Waals surface area contributed by atoms with E-state index in [1.807, 2.05) is 26.0 Å². The Morgan fingerprint density at radius 2 is 2.25 bits per heavy atom. The SMILES string of the molecule is CN(C(=O)CC(C)(C)CN)c1cccnc1. The molecule has 1 aromatic rings. The standard InChI is InChI=1S/C12H19N3O/c1-12(2,9-13)7-11(16)15(3)10-5-4-6-14-8-10/h4-6,8H,7,9,13H2,1-3H3. The third-order valence-corrected chi connectivity index (χ3v) is 2.59. The molecule has 0 aliphatic heterocycles. The lowest BCUT2D eigenvalue weighted by Gasteiger charge is -2.25. The molecule has 2 N–H and O–H groups in total. The van der Waals surface area contributed by atoms with E-state index in [9.17, 15) is 4.79 Å². The Morgan fingerprint density at radius 1 is 1.56 bits per heavy atom. The number of amides is 1. The molecule has 0 unspecified atom stereocenters. The average Bonchev–Trinajstić information content (AvgIpc) is 2.28. The summed E-state index contributed by atoms with van der Waals surface area (Å²) in [7, 11) is 1.76. The molecule has 0 bridgehead atoms. The van der Waals surface area contributed by atoms with E-state index in [0.29, 0.717) is 13.0 Å². The highest BCUT2D eigenvalue weighted by molar-refractivity contribution is 5.92. The first-order valence-electron chi connectivity index (χ1n) is 5.33. The van der Waals surface area contributed by atoms with Gasteiger partial charge in [0, 0.05) is 19.7 Å². The molecular formula is C12H19N3O. The van der Waals surface area contributed by atoms with Crippen molar-refractivity contribution < 1.29 is 4.79 Å². The molecule has 0 saturated carbocycles. The molecule has 0 atom stereocenters. The van der Waals surface area contributed by atoms with Gasteiger partial charge in [-0.15, -0.1) is 0 Å². The van der Waals surface area contributed by atoms with Crippen LogP contribution in [-0.4, -0.2) is 24.5 Å². The molecule has 0 spiro atoms. The van der Waals surface area contributed by atoms with Crippen molar-refractivity contribution in [3.8, 4) is 0 Å². The minimum Gasteiger partial charge on any atom is -0.330 e. The summed E-state index contributed by atoms with van der Waals surface area (Å²) >= 11 is 0. The van der Waals surface area contributed by atoms with Crippen molar-refractivity contribution in [3.05, 3.63) is 24.5 Å². The summed E-state index contributed by atoms with van der Waals surface area (Å²) in [4.78, 5) is 17.6. The van der Waals surface area contributed by atoms with Crippen LogP contribution in [0.2, 0.25) is 0 Å². The predicted molar refractivity (Wildman–Crippen MR) is 65.1 cm³/mol. The van der Waals surface area contributed by atoms with Crippen LogP contribution in [0.3, 0.4) is 0 Å². The van der Waals surface area contributed by atoms with E-state index >= 15 is 0 Å². The molecule has 1 rings (SSSR count). The maximum atomic E-state index is 12.0. The van der Waals surface area contributed by atoms with Crippen molar-refractivity contribution in [1.82, 2.24) is 4.98 Å². The summed E-state index contributed by atoms with van der Waals surface area (Å²) in [5, 5.41) is 0. The zero-order valence-corrected chi connectivity index (χ0v) is 10.1. The third kappa shape index (κ3) is 3.31. The zero-order valence-electron chi connectivity index (χ0n) is 10.1. The van der Waals surface area contributed by atoms with Gasteiger partial charge in [0.05, 0.1) is 11.9 Å². The molecule has 4 nitrogen and oxygen atoms in total. The van der Waals surface area contributed by atoms with Crippen LogP contribution in [0, 0.1) is 5.41 Å². The van der Waals surface area contributed by atoms with E-state index in [2.05, 4.69) is 4.98 Å². The molecule has 88 valence electrons. The summed E-state index contributed by atoms with van der Waals surface area (Å²) < 4.78 is 0. The number of hydrogen-bond acceptors (Lipinski definition) is 3. The summed E-state index contributed by atoms with van der Waals surface area (Å²) in [5.41, 5.74) is 6.26. The lowest BCUT2D eigenvalue weighted by molar-refractivity contribution is -0.120. The molecule has 0 aliphatic rings. The van der Waals surface area contributed by atoms with Gasteiger partial charge in [0.25, 0.3) is 0 Å². The fraction of sp³-hybridized carbons (Fsp3) is 0.500. The second-order valence-corrected chi connectivity index (χ2v) is 4.71. The highest BCUT2D eigenvalue weighted by Crippen LogP contribution is 2.21. The van der Waals surface area contributed by atoms with Crippen LogP contribution < -0.4 is 10.6 Å². The van der Waals surface area contributed by atoms with Gasteiger partial charge in [-0.05, 0) is 24.1 Å². The molecule has 0 radical (unpaired) electrons. The Labute approximate surface area is 96.5 Å². The summed E-state index contributed by atoms with van der Waals surface area (Å²) in [5.74, 6) is 0.0588. The fourth-order valence-electron chi connectivity index (χ4n) is 1.30. The first-order valence-corrected chi connectivity index (χ1v) is 5.33. The third-order valence-electron chi connectivity index (χ3n) is 2.59. The van der Waals surface area contributed by atoms with Gasteiger partial charge >= 0.3 is 0 Å². The van der Waals surface area contributed by atoms with E-state index in [1.165, 1.54) is 0 Å². The summed E-state index contributed by atoms with van der Waals surface area (Å²) in [6, 6.07) is 3.67. The molecule has 1 amide bonds. The van der Waals surface area contributed by atoms with Gasteiger partial charge in [0.2, 0.25) is 5.91 Å². The van der Waals surface area contributed by atoms with E-state index in [-0.39, 0.29) is 11.3 Å². The number of rotatable bonds is 4. The van der Waals surface area contributed by atoms with Crippen molar-refractivity contribution in [2.75, 3.05) is 18.5 Å². The normalized spacial score (nSPS) is 11.2. The Balaban J connectivity index is 2.69. The maximum absolute atomic E-state index is 12.0. The minimum atomic E-state index is -0.159. The van der Waals surface area contributed by atoms with Crippen LogP contribution in [0.4, 0.5) is 5.69 Å². The summed E-state index contributed by atoms with van der Waals surface area (Å²) in [6.07, 6.45) is 3.80. The topological polar surface area (TPSA) is 59.2 Å². The molecule has 1 heterocycles. The van der Waals surface area contributed by atoms with Crippen LogP contribution in [0.25, 0.3) is 0 Å². The average molecular weight is 221 g/mol. The Kier molecular flexibility index (Phi) is 4.01.